The van der Waals surface area contributed by atoms with E-state index in [0.717, 1.165) is 5.46 Å². The summed E-state index contributed by atoms with van der Waals surface area (Å²) in [6.45, 7) is 13.2. The Labute approximate surface area is 219 Å². The standard InChI is InChI=1S/C33H32BNO2/c1-31(2)26-20-22(34-36-32(3,4)33(5,6)37-34)16-19-28(26)35-27-15-11-10-14-24(27)25-18-17-23(29(31)30(25)35)21-12-8-7-9-13-21/h7-20H,1-6H3. The van der Waals surface area contributed by atoms with Crippen LogP contribution in [0.15, 0.2) is 84.9 Å². The van der Waals surface area contributed by atoms with Gasteiger partial charge in [-0.25, -0.2) is 0 Å². The number of para-hydroxylation sites is 1. The lowest BCUT2D eigenvalue weighted by Gasteiger charge is -2.37. The molecule has 3 heterocycles. The predicted octanol–water partition coefficient (Wildman–Crippen LogP) is 7.39. The Morgan fingerprint density at radius 3 is 2.08 bits per heavy atom. The van der Waals surface area contributed by atoms with Crippen LogP contribution >= 0.6 is 0 Å². The molecule has 37 heavy (non-hydrogen) atoms. The zero-order valence-corrected chi connectivity index (χ0v) is 22.4. The quantitative estimate of drug-likeness (QED) is 0.244. The smallest absolute Gasteiger partial charge is 0.399 e. The van der Waals surface area contributed by atoms with Crippen molar-refractivity contribution in [3.8, 4) is 16.8 Å². The second-order valence-corrected chi connectivity index (χ2v) is 12.1. The van der Waals surface area contributed by atoms with Gasteiger partial charge in [0.25, 0.3) is 0 Å². The summed E-state index contributed by atoms with van der Waals surface area (Å²) in [5.74, 6) is 0. The van der Waals surface area contributed by atoms with Gasteiger partial charge in [0, 0.05) is 16.2 Å². The highest BCUT2D eigenvalue weighted by atomic mass is 16.7. The van der Waals surface area contributed by atoms with Crippen molar-refractivity contribution in [3.63, 3.8) is 0 Å². The minimum absolute atomic E-state index is 0.232. The van der Waals surface area contributed by atoms with E-state index < -0.39 is 7.12 Å². The van der Waals surface area contributed by atoms with Crippen molar-refractivity contribution in [2.24, 2.45) is 0 Å². The van der Waals surface area contributed by atoms with E-state index in [2.05, 4.69) is 131 Å². The molecule has 3 nitrogen and oxygen atoms in total. The maximum Gasteiger partial charge on any atom is 0.494 e. The average molecular weight is 485 g/mol. The number of fused-ring (bicyclic) bond motifs is 5. The average Bonchev–Trinajstić information content (AvgIpc) is 3.32. The van der Waals surface area contributed by atoms with E-state index in [4.69, 9.17) is 9.31 Å². The minimum Gasteiger partial charge on any atom is -0.399 e. The summed E-state index contributed by atoms with van der Waals surface area (Å²) in [6, 6.07) is 30.9. The van der Waals surface area contributed by atoms with Gasteiger partial charge in [-0.2, -0.15) is 0 Å². The first-order valence-corrected chi connectivity index (χ1v) is 13.2. The van der Waals surface area contributed by atoms with Gasteiger partial charge in [0.1, 0.15) is 0 Å². The molecular weight excluding hydrogens is 453 g/mol. The van der Waals surface area contributed by atoms with Gasteiger partial charge >= 0.3 is 7.12 Å². The molecule has 2 aliphatic rings. The van der Waals surface area contributed by atoms with Gasteiger partial charge in [0.2, 0.25) is 0 Å². The Kier molecular flexibility index (Phi) is 4.55. The number of aromatic nitrogens is 1. The van der Waals surface area contributed by atoms with Crippen LogP contribution in [-0.2, 0) is 14.7 Å². The normalized spacial score (nSPS) is 18.9. The minimum atomic E-state index is -0.390. The van der Waals surface area contributed by atoms with E-state index >= 15 is 0 Å². The van der Waals surface area contributed by atoms with Crippen LogP contribution in [0.25, 0.3) is 38.6 Å². The summed E-state index contributed by atoms with van der Waals surface area (Å²) >= 11 is 0. The molecule has 5 aromatic rings. The Bertz CT molecular complexity index is 1700. The van der Waals surface area contributed by atoms with Crippen LogP contribution in [0.1, 0.15) is 52.7 Å². The third-order valence-electron chi connectivity index (χ3n) is 9.01. The molecule has 2 aliphatic heterocycles. The molecule has 0 aliphatic carbocycles. The third-order valence-corrected chi connectivity index (χ3v) is 9.01. The number of hydrogen-bond acceptors (Lipinski definition) is 2. The lowest BCUT2D eigenvalue weighted by Crippen LogP contribution is -2.41. The van der Waals surface area contributed by atoms with Gasteiger partial charge in [-0.3, -0.25) is 0 Å². The maximum absolute atomic E-state index is 6.46. The SMILES string of the molecule is CC1(C)c2cc(B3OC(C)(C)C(C)(C)O3)ccc2-n2c3ccccc3c3ccc(-c4ccccc4)c1c32. The molecule has 1 aromatic heterocycles. The molecule has 1 fully saturated rings. The van der Waals surface area contributed by atoms with E-state index in [-0.39, 0.29) is 16.6 Å². The topological polar surface area (TPSA) is 23.4 Å². The fourth-order valence-corrected chi connectivity index (χ4v) is 6.31. The summed E-state index contributed by atoms with van der Waals surface area (Å²) in [6.07, 6.45) is 0. The van der Waals surface area contributed by atoms with Crippen molar-refractivity contribution in [3.05, 3.63) is 96.1 Å². The van der Waals surface area contributed by atoms with E-state index in [9.17, 15) is 0 Å². The molecule has 1 saturated heterocycles. The van der Waals surface area contributed by atoms with Gasteiger partial charge in [0.15, 0.2) is 0 Å². The third kappa shape index (κ3) is 3.03. The molecular formula is C33H32BNO2. The van der Waals surface area contributed by atoms with Gasteiger partial charge in [0.05, 0.1) is 27.9 Å². The first-order chi connectivity index (χ1) is 17.6. The molecule has 0 saturated carbocycles. The molecule has 0 bridgehead atoms. The van der Waals surface area contributed by atoms with Crippen molar-refractivity contribution >= 4 is 34.4 Å². The molecule has 4 heteroatoms. The van der Waals surface area contributed by atoms with Crippen LogP contribution in [0, 0.1) is 0 Å². The highest BCUT2D eigenvalue weighted by molar-refractivity contribution is 6.62. The van der Waals surface area contributed by atoms with Crippen LogP contribution in [-0.4, -0.2) is 22.9 Å². The van der Waals surface area contributed by atoms with Crippen LogP contribution in [0.2, 0.25) is 0 Å². The summed E-state index contributed by atoms with van der Waals surface area (Å²) in [5, 5.41) is 2.59. The number of rotatable bonds is 2. The largest absolute Gasteiger partial charge is 0.494 e. The van der Waals surface area contributed by atoms with Crippen LogP contribution in [0.4, 0.5) is 0 Å². The van der Waals surface area contributed by atoms with Gasteiger partial charge in [-0.05, 0) is 67.5 Å². The summed E-state index contributed by atoms with van der Waals surface area (Å²) in [4.78, 5) is 0. The molecule has 7 rings (SSSR count). The number of nitrogens with zero attached hydrogens (tertiary/aromatic N) is 1. The molecule has 0 spiro atoms. The van der Waals surface area contributed by atoms with Crippen molar-refractivity contribution < 1.29 is 9.31 Å². The molecule has 4 aromatic carbocycles. The maximum atomic E-state index is 6.46. The molecule has 0 N–H and O–H groups in total. The zero-order chi connectivity index (χ0) is 25.7. The van der Waals surface area contributed by atoms with Gasteiger partial charge in [-0.1, -0.05) is 86.6 Å². The zero-order valence-electron chi connectivity index (χ0n) is 22.4. The molecule has 0 atom stereocenters. The van der Waals surface area contributed by atoms with E-state index in [1.54, 1.807) is 0 Å². The highest BCUT2D eigenvalue weighted by Crippen LogP contribution is 2.50. The van der Waals surface area contributed by atoms with Gasteiger partial charge in [-0.15, -0.1) is 0 Å². The van der Waals surface area contributed by atoms with E-state index in [0.29, 0.717) is 0 Å². The van der Waals surface area contributed by atoms with E-state index in [1.165, 1.54) is 49.7 Å². The van der Waals surface area contributed by atoms with Crippen molar-refractivity contribution in [2.75, 3.05) is 0 Å². The molecule has 184 valence electrons. The lowest BCUT2D eigenvalue weighted by molar-refractivity contribution is 0.00578. The fourth-order valence-electron chi connectivity index (χ4n) is 6.31. The first kappa shape index (κ1) is 22.8. The highest BCUT2D eigenvalue weighted by Gasteiger charge is 2.52. The fraction of sp³-hybridized carbons (Fsp3) is 0.273. The van der Waals surface area contributed by atoms with Crippen molar-refractivity contribution in [2.45, 2.75) is 58.2 Å². The molecule has 0 amide bonds. The van der Waals surface area contributed by atoms with E-state index in [1.807, 2.05) is 0 Å². The Morgan fingerprint density at radius 1 is 0.676 bits per heavy atom. The Balaban J connectivity index is 1.54. The first-order valence-electron chi connectivity index (χ1n) is 13.2. The number of hydrogen-bond donors (Lipinski definition) is 0. The molecule has 0 radical (unpaired) electrons. The van der Waals surface area contributed by atoms with Crippen LogP contribution in [0.5, 0.6) is 0 Å². The Hall–Kier alpha value is -3.34. The van der Waals surface area contributed by atoms with Gasteiger partial charge < -0.3 is 13.9 Å². The second-order valence-electron chi connectivity index (χ2n) is 12.1. The predicted molar refractivity (Wildman–Crippen MR) is 154 cm³/mol. The molecule has 0 unspecified atom stereocenters. The monoisotopic (exact) mass is 485 g/mol. The summed E-state index contributed by atoms with van der Waals surface area (Å²) in [5.41, 5.74) is 9.05. The Morgan fingerprint density at radius 2 is 1.35 bits per heavy atom. The summed E-state index contributed by atoms with van der Waals surface area (Å²) < 4.78 is 15.4. The van der Waals surface area contributed by atoms with Crippen molar-refractivity contribution in [1.82, 2.24) is 4.57 Å². The summed E-state index contributed by atoms with van der Waals surface area (Å²) in [7, 11) is -0.390. The second kappa shape index (κ2) is 7.37. The van der Waals surface area contributed by atoms with Crippen LogP contribution < -0.4 is 5.46 Å². The number of benzene rings is 4. The van der Waals surface area contributed by atoms with Crippen molar-refractivity contribution in [1.29, 1.82) is 0 Å². The van der Waals surface area contributed by atoms with Crippen LogP contribution in [0.3, 0.4) is 0 Å². The lowest BCUT2D eigenvalue weighted by atomic mass is 9.69.